The zero-order chi connectivity index (χ0) is 21.0. The van der Waals surface area contributed by atoms with Gasteiger partial charge in [-0.3, -0.25) is 9.59 Å². The van der Waals surface area contributed by atoms with Crippen LogP contribution in [0.2, 0.25) is 0 Å². The minimum Gasteiger partial charge on any atom is -0.465 e. The van der Waals surface area contributed by atoms with Crippen LogP contribution in [-0.4, -0.2) is 24.5 Å². The van der Waals surface area contributed by atoms with Crippen LogP contribution in [0, 0.1) is 6.92 Å². The molecule has 1 saturated heterocycles. The summed E-state index contributed by atoms with van der Waals surface area (Å²) < 4.78 is 50.5. The average molecular weight is 410 g/mol. The van der Waals surface area contributed by atoms with Crippen molar-refractivity contribution in [2.24, 2.45) is 0 Å². The van der Waals surface area contributed by atoms with E-state index in [1.54, 1.807) is 19.1 Å². The number of carbonyl (C=O) groups is 2. The largest absolute Gasteiger partial charge is 0.465 e. The van der Waals surface area contributed by atoms with Crippen molar-refractivity contribution in [3.05, 3.63) is 53.0 Å². The Morgan fingerprint density at radius 2 is 1.97 bits per heavy atom. The zero-order valence-corrected chi connectivity index (χ0v) is 15.8. The Morgan fingerprint density at radius 1 is 1.17 bits per heavy atom. The number of hydrogen-bond donors (Lipinski definition) is 2. The molecule has 6 nitrogen and oxygen atoms in total. The Labute approximate surface area is 165 Å². The number of benzene rings is 1. The van der Waals surface area contributed by atoms with Gasteiger partial charge in [0, 0.05) is 17.9 Å². The molecule has 0 radical (unpaired) electrons. The number of aryl methyl sites for hydroxylation is 1. The summed E-state index contributed by atoms with van der Waals surface area (Å²) in [6.07, 6.45) is -3.23. The van der Waals surface area contributed by atoms with Crippen LogP contribution in [0.25, 0.3) is 0 Å². The second-order valence-electron chi connectivity index (χ2n) is 6.84. The summed E-state index contributed by atoms with van der Waals surface area (Å²) in [5, 5.41) is 4.95. The predicted octanol–water partition coefficient (Wildman–Crippen LogP) is 4.04. The highest BCUT2D eigenvalue weighted by molar-refractivity contribution is 5.98. The van der Waals surface area contributed by atoms with E-state index in [1.165, 1.54) is 6.07 Å². The summed E-state index contributed by atoms with van der Waals surface area (Å²) >= 11 is 0. The SMILES string of the molecule is Cc1ccc(CNC(=O)c2cc(NC(=O)C3CCCCO3)cc(C(F)(F)F)c2)o1. The summed E-state index contributed by atoms with van der Waals surface area (Å²) in [7, 11) is 0. The van der Waals surface area contributed by atoms with Crippen LogP contribution in [0.15, 0.2) is 34.7 Å². The van der Waals surface area contributed by atoms with Crippen LogP contribution < -0.4 is 10.6 Å². The van der Waals surface area contributed by atoms with Gasteiger partial charge in [-0.2, -0.15) is 13.2 Å². The molecule has 2 aromatic rings. The standard InChI is InChI=1S/C20H21F3N2O4/c1-12-5-6-16(29-12)11-24-18(26)13-8-14(20(21,22)23)10-15(9-13)25-19(27)17-4-2-3-7-28-17/h5-6,8-10,17H,2-4,7,11H2,1H3,(H,24,26)(H,25,27). The first-order valence-electron chi connectivity index (χ1n) is 9.20. The summed E-state index contributed by atoms with van der Waals surface area (Å²) in [5.41, 5.74) is -1.36. The molecule has 0 aliphatic carbocycles. The average Bonchev–Trinajstić information content (AvgIpc) is 3.11. The van der Waals surface area contributed by atoms with Gasteiger partial charge in [-0.1, -0.05) is 0 Å². The highest BCUT2D eigenvalue weighted by Gasteiger charge is 2.32. The number of ether oxygens (including phenoxy) is 1. The van der Waals surface area contributed by atoms with E-state index in [0.29, 0.717) is 24.5 Å². The van der Waals surface area contributed by atoms with E-state index in [2.05, 4.69) is 10.6 Å². The van der Waals surface area contributed by atoms with E-state index >= 15 is 0 Å². The normalized spacial score (nSPS) is 17.0. The van der Waals surface area contributed by atoms with Gasteiger partial charge >= 0.3 is 6.18 Å². The topological polar surface area (TPSA) is 80.6 Å². The summed E-state index contributed by atoms with van der Waals surface area (Å²) in [6, 6.07) is 6.13. The maximum Gasteiger partial charge on any atom is 0.416 e. The molecule has 1 aromatic heterocycles. The first-order chi connectivity index (χ1) is 13.7. The highest BCUT2D eigenvalue weighted by Crippen LogP contribution is 2.32. The fourth-order valence-electron chi connectivity index (χ4n) is 3.01. The molecule has 1 aromatic carbocycles. The van der Waals surface area contributed by atoms with Gasteiger partial charge in [0.1, 0.15) is 17.6 Å². The summed E-state index contributed by atoms with van der Waals surface area (Å²) in [5.74, 6) is -0.106. The Kier molecular flexibility index (Phi) is 6.26. The molecule has 3 rings (SSSR count). The van der Waals surface area contributed by atoms with Crippen molar-refractivity contribution < 1.29 is 31.9 Å². The molecule has 1 aliphatic heterocycles. The molecule has 1 atom stereocenters. The van der Waals surface area contributed by atoms with E-state index in [0.717, 1.165) is 25.0 Å². The fourth-order valence-corrected chi connectivity index (χ4v) is 3.01. The van der Waals surface area contributed by atoms with Crippen LogP contribution >= 0.6 is 0 Å². The molecule has 2 amide bonds. The lowest BCUT2D eigenvalue weighted by Crippen LogP contribution is -2.33. The van der Waals surface area contributed by atoms with Crippen molar-refractivity contribution in [1.29, 1.82) is 0 Å². The first kappa shape index (κ1) is 20.9. The molecule has 1 aliphatic rings. The molecule has 2 heterocycles. The smallest absolute Gasteiger partial charge is 0.416 e. The van der Waals surface area contributed by atoms with Crippen molar-refractivity contribution in [1.82, 2.24) is 5.32 Å². The van der Waals surface area contributed by atoms with Crippen LogP contribution in [0.4, 0.5) is 18.9 Å². The van der Waals surface area contributed by atoms with Crippen molar-refractivity contribution in [2.45, 2.75) is 45.0 Å². The number of furan rings is 1. The predicted molar refractivity (Wildman–Crippen MR) is 98.3 cm³/mol. The van der Waals surface area contributed by atoms with Gasteiger partial charge in [0.05, 0.1) is 12.1 Å². The molecule has 1 unspecified atom stereocenters. The van der Waals surface area contributed by atoms with Crippen molar-refractivity contribution in [3.8, 4) is 0 Å². The minimum absolute atomic E-state index is 0.0283. The van der Waals surface area contributed by atoms with Gasteiger partial charge in [-0.25, -0.2) is 0 Å². The number of anilines is 1. The third-order valence-electron chi connectivity index (χ3n) is 4.48. The molecule has 2 N–H and O–H groups in total. The second-order valence-corrected chi connectivity index (χ2v) is 6.84. The van der Waals surface area contributed by atoms with E-state index in [-0.39, 0.29) is 17.8 Å². The van der Waals surface area contributed by atoms with Gasteiger partial charge in [0.25, 0.3) is 11.8 Å². The van der Waals surface area contributed by atoms with Crippen LogP contribution in [-0.2, 0) is 22.3 Å². The van der Waals surface area contributed by atoms with Gasteiger partial charge < -0.3 is 19.8 Å². The van der Waals surface area contributed by atoms with E-state index < -0.39 is 29.7 Å². The maximum atomic E-state index is 13.3. The Balaban J connectivity index is 1.77. The maximum absolute atomic E-state index is 13.3. The second kappa shape index (κ2) is 8.69. The number of carbonyl (C=O) groups excluding carboxylic acids is 2. The summed E-state index contributed by atoms with van der Waals surface area (Å²) in [4.78, 5) is 24.7. The molecular weight excluding hydrogens is 389 g/mol. The van der Waals surface area contributed by atoms with Gasteiger partial charge in [-0.05, 0) is 56.5 Å². The van der Waals surface area contributed by atoms with E-state index in [1.807, 2.05) is 0 Å². The summed E-state index contributed by atoms with van der Waals surface area (Å²) in [6.45, 7) is 2.20. The molecule has 1 fully saturated rings. The lowest BCUT2D eigenvalue weighted by Gasteiger charge is -2.22. The van der Waals surface area contributed by atoms with Crippen LogP contribution in [0.5, 0.6) is 0 Å². The van der Waals surface area contributed by atoms with Crippen LogP contribution in [0.3, 0.4) is 0 Å². The molecule has 29 heavy (non-hydrogen) atoms. The number of alkyl halides is 3. The zero-order valence-electron chi connectivity index (χ0n) is 15.8. The molecule has 156 valence electrons. The fraction of sp³-hybridized carbons (Fsp3) is 0.400. The Bertz CT molecular complexity index is 886. The monoisotopic (exact) mass is 410 g/mol. The third-order valence-corrected chi connectivity index (χ3v) is 4.48. The molecule has 9 heteroatoms. The van der Waals surface area contributed by atoms with Crippen molar-refractivity contribution in [3.63, 3.8) is 0 Å². The molecule has 0 saturated carbocycles. The minimum atomic E-state index is -4.67. The van der Waals surface area contributed by atoms with E-state index in [9.17, 15) is 22.8 Å². The van der Waals surface area contributed by atoms with Crippen LogP contribution in [0.1, 0.15) is 46.7 Å². The molecule has 0 spiro atoms. The number of halogens is 3. The molecule has 0 bridgehead atoms. The Hall–Kier alpha value is -2.81. The number of nitrogens with one attached hydrogen (secondary N) is 2. The Morgan fingerprint density at radius 3 is 2.59 bits per heavy atom. The van der Waals surface area contributed by atoms with Crippen molar-refractivity contribution >= 4 is 17.5 Å². The number of hydrogen-bond acceptors (Lipinski definition) is 4. The quantitative estimate of drug-likeness (QED) is 0.780. The molecular formula is C20H21F3N2O4. The lowest BCUT2D eigenvalue weighted by atomic mass is 10.1. The van der Waals surface area contributed by atoms with Gasteiger partial charge in [0.2, 0.25) is 0 Å². The lowest BCUT2D eigenvalue weighted by molar-refractivity contribution is -0.137. The number of rotatable bonds is 5. The highest BCUT2D eigenvalue weighted by atomic mass is 19.4. The first-order valence-corrected chi connectivity index (χ1v) is 9.20. The number of amides is 2. The van der Waals surface area contributed by atoms with E-state index in [4.69, 9.17) is 9.15 Å². The van der Waals surface area contributed by atoms with Gasteiger partial charge in [0.15, 0.2) is 0 Å². The van der Waals surface area contributed by atoms with Crippen molar-refractivity contribution in [2.75, 3.05) is 11.9 Å². The van der Waals surface area contributed by atoms with Gasteiger partial charge in [-0.15, -0.1) is 0 Å². The third kappa shape index (κ3) is 5.60.